The Bertz CT molecular complexity index is 584. The lowest BCUT2D eigenvalue weighted by atomic mass is 10.0. The first-order chi connectivity index (χ1) is 9.25. The number of likely N-dealkylation sites (N-methyl/N-ethyl adjacent to an activating group) is 1. The van der Waals surface area contributed by atoms with E-state index in [-0.39, 0.29) is 5.91 Å². The third-order valence-corrected chi connectivity index (χ3v) is 3.94. The minimum Gasteiger partial charge on any atom is -0.361 e. The zero-order valence-electron chi connectivity index (χ0n) is 11.1. The summed E-state index contributed by atoms with van der Waals surface area (Å²) in [5, 5.41) is 4.43. The van der Waals surface area contributed by atoms with E-state index in [2.05, 4.69) is 10.3 Å². The molecule has 2 aromatic rings. The molecule has 0 radical (unpaired) electrons. The maximum absolute atomic E-state index is 12.5. The van der Waals surface area contributed by atoms with Crippen LogP contribution < -0.4 is 5.32 Å². The summed E-state index contributed by atoms with van der Waals surface area (Å²) in [7, 11) is 1.90. The van der Waals surface area contributed by atoms with E-state index in [1.165, 1.54) is 0 Å². The number of H-pyrrole nitrogens is 1. The van der Waals surface area contributed by atoms with E-state index in [4.69, 9.17) is 0 Å². The van der Waals surface area contributed by atoms with Gasteiger partial charge in [0, 0.05) is 42.3 Å². The molecule has 1 unspecified atom stereocenters. The maximum atomic E-state index is 12.5. The zero-order valence-corrected chi connectivity index (χ0v) is 11.1. The van der Waals surface area contributed by atoms with E-state index in [0.29, 0.717) is 6.04 Å². The third kappa shape index (κ3) is 2.36. The van der Waals surface area contributed by atoms with Crippen LogP contribution in [-0.2, 0) is 0 Å². The van der Waals surface area contributed by atoms with Crippen LogP contribution in [0.4, 0.5) is 0 Å². The van der Waals surface area contributed by atoms with Crippen LogP contribution in [0, 0.1) is 0 Å². The first-order valence-electron chi connectivity index (χ1n) is 6.81. The monoisotopic (exact) mass is 257 g/mol. The fourth-order valence-electron chi connectivity index (χ4n) is 2.72. The highest BCUT2D eigenvalue weighted by Gasteiger charge is 2.22. The number of piperidine rings is 1. The van der Waals surface area contributed by atoms with Crippen LogP contribution in [0.5, 0.6) is 0 Å². The smallest absolute Gasteiger partial charge is 0.253 e. The SMILES string of the molecule is CN(C(=O)c1ccc2[nH]ccc2c1)C1CCCNC1. The van der Waals surface area contributed by atoms with E-state index >= 15 is 0 Å². The molecule has 1 aliphatic heterocycles. The molecule has 0 bridgehead atoms. The average molecular weight is 257 g/mol. The molecule has 0 aliphatic carbocycles. The second kappa shape index (κ2) is 5.05. The van der Waals surface area contributed by atoms with E-state index < -0.39 is 0 Å². The van der Waals surface area contributed by atoms with Crippen LogP contribution in [0.3, 0.4) is 0 Å². The highest BCUT2D eigenvalue weighted by Crippen LogP contribution is 2.17. The molecule has 1 aromatic heterocycles. The molecule has 1 aromatic carbocycles. The van der Waals surface area contributed by atoms with Gasteiger partial charge in [-0.3, -0.25) is 4.79 Å². The Morgan fingerprint density at radius 3 is 3.05 bits per heavy atom. The number of fused-ring (bicyclic) bond motifs is 1. The molecule has 1 aliphatic rings. The first kappa shape index (κ1) is 12.2. The number of carbonyl (C=O) groups excluding carboxylic acids is 1. The van der Waals surface area contributed by atoms with Crippen molar-refractivity contribution in [1.82, 2.24) is 15.2 Å². The quantitative estimate of drug-likeness (QED) is 0.864. The lowest BCUT2D eigenvalue weighted by molar-refractivity contribution is 0.0708. The fourth-order valence-corrected chi connectivity index (χ4v) is 2.72. The number of rotatable bonds is 2. The van der Waals surface area contributed by atoms with Gasteiger partial charge < -0.3 is 15.2 Å². The molecule has 100 valence electrons. The summed E-state index contributed by atoms with van der Waals surface area (Å²) < 4.78 is 0. The number of aromatic nitrogens is 1. The largest absolute Gasteiger partial charge is 0.361 e. The molecule has 1 saturated heterocycles. The number of nitrogens with zero attached hydrogens (tertiary/aromatic N) is 1. The van der Waals surface area contributed by atoms with Gasteiger partial charge in [-0.25, -0.2) is 0 Å². The Morgan fingerprint density at radius 2 is 2.26 bits per heavy atom. The van der Waals surface area contributed by atoms with Gasteiger partial charge in [-0.2, -0.15) is 0 Å². The number of carbonyl (C=O) groups is 1. The van der Waals surface area contributed by atoms with Crippen molar-refractivity contribution in [2.75, 3.05) is 20.1 Å². The number of hydrogen-bond acceptors (Lipinski definition) is 2. The first-order valence-corrected chi connectivity index (χ1v) is 6.81. The van der Waals surface area contributed by atoms with E-state index in [0.717, 1.165) is 42.4 Å². The summed E-state index contributed by atoms with van der Waals surface area (Å²) in [6.45, 7) is 1.96. The second-order valence-electron chi connectivity index (χ2n) is 5.20. The Balaban J connectivity index is 1.81. The molecule has 0 spiro atoms. The molecule has 0 saturated carbocycles. The summed E-state index contributed by atoms with van der Waals surface area (Å²) in [6.07, 6.45) is 4.12. The Hall–Kier alpha value is -1.81. The lowest BCUT2D eigenvalue weighted by Gasteiger charge is -2.31. The van der Waals surface area contributed by atoms with Crippen molar-refractivity contribution in [2.24, 2.45) is 0 Å². The third-order valence-electron chi connectivity index (χ3n) is 3.94. The normalized spacial score (nSPS) is 19.5. The predicted octanol–water partition coefficient (Wildman–Crippen LogP) is 1.99. The molecular weight excluding hydrogens is 238 g/mol. The van der Waals surface area contributed by atoms with Gasteiger partial charge in [-0.1, -0.05) is 0 Å². The van der Waals surface area contributed by atoms with Crippen molar-refractivity contribution in [3.8, 4) is 0 Å². The van der Waals surface area contributed by atoms with Gasteiger partial charge in [-0.05, 0) is 43.7 Å². The van der Waals surface area contributed by atoms with Gasteiger partial charge in [0.05, 0.1) is 0 Å². The Kier molecular flexibility index (Phi) is 3.25. The Morgan fingerprint density at radius 1 is 1.37 bits per heavy atom. The number of amides is 1. The molecule has 1 atom stereocenters. The molecule has 2 heterocycles. The van der Waals surface area contributed by atoms with Crippen molar-refractivity contribution in [3.05, 3.63) is 36.0 Å². The van der Waals surface area contributed by atoms with Gasteiger partial charge >= 0.3 is 0 Å². The zero-order chi connectivity index (χ0) is 13.2. The summed E-state index contributed by atoms with van der Waals surface area (Å²) in [6, 6.07) is 8.13. The fraction of sp³-hybridized carbons (Fsp3) is 0.400. The molecule has 4 nitrogen and oxygen atoms in total. The predicted molar refractivity (Wildman–Crippen MR) is 76.3 cm³/mol. The average Bonchev–Trinajstić information content (AvgIpc) is 2.94. The van der Waals surface area contributed by atoms with Crippen molar-refractivity contribution in [1.29, 1.82) is 0 Å². The van der Waals surface area contributed by atoms with E-state index in [1.807, 2.05) is 42.4 Å². The topological polar surface area (TPSA) is 48.1 Å². The van der Waals surface area contributed by atoms with Crippen LogP contribution in [-0.4, -0.2) is 42.0 Å². The summed E-state index contributed by atoms with van der Waals surface area (Å²) >= 11 is 0. The van der Waals surface area contributed by atoms with E-state index in [1.54, 1.807) is 0 Å². The van der Waals surface area contributed by atoms with Crippen molar-refractivity contribution < 1.29 is 4.79 Å². The molecule has 3 rings (SSSR count). The summed E-state index contributed by atoms with van der Waals surface area (Å²) in [5.41, 5.74) is 1.83. The molecule has 1 amide bonds. The van der Waals surface area contributed by atoms with Gasteiger partial charge in [0.25, 0.3) is 5.91 Å². The van der Waals surface area contributed by atoms with Gasteiger partial charge in [0.1, 0.15) is 0 Å². The highest BCUT2D eigenvalue weighted by molar-refractivity contribution is 5.98. The van der Waals surface area contributed by atoms with Gasteiger partial charge in [0.15, 0.2) is 0 Å². The van der Waals surface area contributed by atoms with Gasteiger partial charge in [0.2, 0.25) is 0 Å². The highest BCUT2D eigenvalue weighted by atomic mass is 16.2. The van der Waals surface area contributed by atoms with Crippen LogP contribution in [0.2, 0.25) is 0 Å². The number of aromatic amines is 1. The summed E-state index contributed by atoms with van der Waals surface area (Å²) in [5.74, 6) is 0.108. The van der Waals surface area contributed by atoms with Crippen LogP contribution >= 0.6 is 0 Å². The van der Waals surface area contributed by atoms with E-state index in [9.17, 15) is 4.79 Å². The number of nitrogens with one attached hydrogen (secondary N) is 2. The Labute approximate surface area is 112 Å². The second-order valence-corrected chi connectivity index (χ2v) is 5.20. The summed E-state index contributed by atoms with van der Waals surface area (Å²) in [4.78, 5) is 17.5. The maximum Gasteiger partial charge on any atom is 0.253 e. The van der Waals surface area contributed by atoms with Crippen molar-refractivity contribution >= 4 is 16.8 Å². The van der Waals surface area contributed by atoms with Crippen molar-refractivity contribution in [2.45, 2.75) is 18.9 Å². The van der Waals surface area contributed by atoms with Crippen LogP contribution in [0.1, 0.15) is 23.2 Å². The van der Waals surface area contributed by atoms with Crippen molar-refractivity contribution in [3.63, 3.8) is 0 Å². The molecule has 19 heavy (non-hydrogen) atoms. The molecule has 4 heteroatoms. The molecular formula is C15H19N3O. The van der Waals surface area contributed by atoms with Gasteiger partial charge in [-0.15, -0.1) is 0 Å². The standard InChI is InChI=1S/C15H19N3O/c1-18(13-3-2-7-16-10-13)15(19)12-4-5-14-11(9-12)6-8-17-14/h4-6,8-9,13,16-17H,2-3,7,10H2,1H3. The van der Waals surface area contributed by atoms with Crippen LogP contribution in [0.15, 0.2) is 30.5 Å². The number of hydrogen-bond donors (Lipinski definition) is 2. The van der Waals surface area contributed by atoms with Crippen LogP contribution in [0.25, 0.3) is 10.9 Å². The number of benzene rings is 1. The lowest BCUT2D eigenvalue weighted by Crippen LogP contribution is -2.46. The minimum atomic E-state index is 0.108. The molecule has 2 N–H and O–H groups in total. The minimum absolute atomic E-state index is 0.108. The molecule has 1 fully saturated rings.